The van der Waals surface area contributed by atoms with Crippen LogP contribution in [0.4, 0.5) is 0 Å². The molecule has 0 aromatic carbocycles. The fourth-order valence-electron chi connectivity index (χ4n) is 0.796. The van der Waals surface area contributed by atoms with Crippen molar-refractivity contribution in [3.8, 4) is 0 Å². The predicted octanol–water partition coefficient (Wildman–Crippen LogP) is -8.45. The van der Waals surface area contributed by atoms with Crippen LogP contribution in [0, 0.1) is 0 Å². The van der Waals surface area contributed by atoms with Gasteiger partial charge in [-0.25, -0.2) is 0 Å². The number of aliphatic hydroxyl groups excluding tert-OH is 2. The smallest absolute Gasteiger partial charge is 0.368 e. The molecule has 1 atom stereocenters. The fraction of sp³-hybridized carbons (Fsp3) is 1.00. The minimum atomic E-state index is -5.04. The van der Waals surface area contributed by atoms with Crippen LogP contribution in [0.15, 0.2) is 0 Å². The molecule has 0 aliphatic heterocycles. The molecule has 12 N–H and O–H groups in total. The normalized spacial score (nSPS) is 15.7. The van der Waals surface area contributed by atoms with Crippen LogP contribution in [0.1, 0.15) is 0 Å². The van der Waals surface area contributed by atoms with Crippen LogP contribution in [0.3, 0.4) is 0 Å². The maximum Gasteiger partial charge on any atom is 0.674 e. The first kappa shape index (κ1) is 28.4. The number of rotatable bonds is 10. The van der Waals surface area contributed by atoms with Crippen LogP contribution < -0.4 is 0 Å². The Hall–Kier alpha value is 0.148. The Morgan fingerprint density at radius 3 is 1.27 bits per heavy atom. The first-order valence-electron chi connectivity index (χ1n) is 5.74. The van der Waals surface area contributed by atoms with Crippen LogP contribution >= 0.6 is 0 Å². The molecule has 0 aliphatic rings. The standard InChI is InChI=1S/2C2H10O9Si2/c1-9-12(5,6)11-13(7,8)10-2(3)4;1-9-13(8,10-2(3)4)11-12(5,6)7/h2*2-8H,1H3. The Labute approximate surface area is 149 Å². The van der Waals surface area contributed by atoms with Gasteiger partial charge in [0.2, 0.25) is 0 Å². The van der Waals surface area contributed by atoms with Crippen molar-refractivity contribution in [1.29, 1.82) is 0 Å². The minimum absolute atomic E-state index is 0.853. The summed E-state index contributed by atoms with van der Waals surface area (Å²) >= 11 is 0. The largest absolute Gasteiger partial charge is 0.674 e. The summed E-state index contributed by atoms with van der Waals surface area (Å²) in [6, 6.07) is 0. The van der Waals surface area contributed by atoms with E-state index in [1.165, 1.54) is 0 Å². The van der Waals surface area contributed by atoms with E-state index in [4.69, 9.17) is 58.8 Å². The van der Waals surface area contributed by atoms with Crippen molar-refractivity contribution in [2.24, 2.45) is 0 Å². The van der Waals surface area contributed by atoms with E-state index < -0.39 is 49.1 Å². The molecule has 0 spiro atoms. The maximum atomic E-state index is 9.03. The van der Waals surface area contributed by atoms with Crippen molar-refractivity contribution in [1.82, 2.24) is 0 Å². The quantitative estimate of drug-likeness (QED) is 0.104. The zero-order valence-corrected chi connectivity index (χ0v) is 17.0. The monoisotopic (exact) mass is 468 g/mol. The van der Waals surface area contributed by atoms with Crippen LogP contribution in [0.25, 0.3) is 0 Å². The van der Waals surface area contributed by atoms with Gasteiger partial charge in [0.25, 0.3) is 13.0 Å². The third-order valence-corrected chi connectivity index (χ3v) is 7.90. The van der Waals surface area contributed by atoms with E-state index in [9.17, 15) is 0 Å². The van der Waals surface area contributed by atoms with Gasteiger partial charge in [-0.05, 0) is 0 Å². The van der Waals surface area contributed by atoms with Gasteiger partial charge < -0.3 is 84.7 Å². The van der Waals surface area contributed by atoms with Crippen molar-refractivity contribution >= 4 is 36.2 Å². The van der Waals surface area contributed by atoms with E-state index in [0.29, 0.717) is 0 Å². The molecule has 0 aromatic rings. The summed E-state index contributed by atoms with van der Waals surface area (Å²) in [6.45, 7) is -4.92. The van der Waals surface area contributed by atoms with Crippen molar-refractivity contribution in [3.63, 3.8) is 0 Å². The second kappa shape index (κ2) is 11.2. The van der Waals surface area contributed by atoms with Gasteiger partial charge >= 0.3 is 36.2 Å². The van der Waals surface area contributed by atoms with E-state index in [2.05, 4.69) is 25.9 Å². The Bertz CT molecular complexity index is 382. The zero-order valence-electron chi connectivity index (χ0n) is 13.0. The van der Waals surface area contributed by atoms with E-state index in [1.807, 2.05) is 0 Å². The molecule has 0 saturated carbocycles. The van der Waals surface area contributed by atoms with Gasteiger partial charge in [0.05, 0.1) is 0 Å². The van der Waals surface area contributed by atoms with Crippen LogP contribution in [0.2, 0.25) is 0 Å². The Kier molecular flexibility index (Phi) is 12.2. The van der Waals surface area contributed by atoms with Crippen molar-refractivity contribution < 1.29 is 84.7 Å². The fourth-order valence-corrected chi connectivity index (χ4v) is 5.26. The third-order valence-electron chi connectivity index (χ3n) is 1.57. The van der Waals surface area contributed by atoms with E-state index in [1.54, 1.807) is 0 Å². The maximum absolute atomic E-state index is 9.03. The van der Waals surface area contributed by atoms with Gasteiger partial charge in [0.15, 0.2) is 0 Å². The highest BCUT2D eigenvalue weighted by Crippen LogP contribution is 2.09. The summed E-state index contributed by atoms with van der Waals surface area (Å²) in [7, 11) is -17.6. The summed E-state index contributed by atoms with van der Waals surface area (Å²) in [5, 5.41) is 32.7. The Balaban J connectivity index is 0. The molecule has 0 amide bonds. The zero-order chi connectivity index (χ0) is 21.4. The molecular formula is C4H20O18Si4. The van der Waals surface area contributed by atoms with Crippen molar-refractivity contribution in [2.45, 2.75) is 13.0 Å². The summed E-state index contributed by atoms with van der Waals surface area (Å²) in [4.78, 5) is 69.0. The van der Waals surface area contributed by atoms with E-state index >= 15 is 0 Å². The highest BCUT2D eigenvalue weighted by molar-refractivity contribution is 6.65. The second-order valence-electron chi connectivity index (χ2n) is 3.70. The Morgan fingerprint density at radius 1 is 0.577 bits per heavy atom. The van der Waals surface area contributed by atoms with Gasteiger partial charge in [0, 0.05) is 14.2 Å². The molecule has 0 aliphatic carbocycles. The summed E-state index contributed by atoms with van der Waals surface area (Å²) in [6.07, 6.45) is 0. The highest BCUT2D eigenvalue weighted by atomic mass is 28.5. The van der Waals surface area contributed by atoms with E-state index in [0.717, 1.165) is 14.2 Å². The average molecular weight is 469 g/mol. The first-order chi connectivity index (χ1) is 11.4. The molecule has 160 valence electrons. The highest BCUT2D eigenvalue weighted by Gasteiger charge is 2.53. The minimum Gasteiger partial charge on any atom is -0.368 e. The van der Waals surface area contributed by atoms with Gasteiger partial charge in [0.1, 0.15) is 0 Å². The Morgan fingerprint density at radius 2 is 1.00 bits per heavy atom. The average Bonchev–Trinajstić information content (AvgIpc) is 2.33. The molecule has 0 bridgehead atoms. The molecule has 0 radical (unpaired) electrons. The lowest BCUT2D eigenvalue weighted by Crippen LogP contribution is -2.57. The van der Waals surface area contributed by atoms with Gasteiger partial charge in [-0.2, -0.15) is 0 Å². The van der Waals surface area contributed by atoms with E-state index in [-0.39, 0.29) is 0 Å². The molecule has 0 saturated heterocycles. The molecule has 26 heavy (non-hydrogen) atoms. The second-order valence-corrected chi connectivity index (χ2v) is 11.0. The van der Waals surface area contributed by atoms with Crippen LogP contribution in [-0.2, 0) is 25.9 Å². The summed E-state index contributed by atoms with van der Waals surface area (Å²) in [5.74, 6) is 0. The lowest BCUT2D eigenvalue weighted by atomic mass is 11.4. The van der Waals surface area contributed by atoms with Gasteiger partial charge in [-0.15, -0.1) is 0 Å². The molecule has 0 rings (SSSR count). The van der Waals surface area contributed by atoms with Crippen LogP contribution in [0.5, 0.6) is 0 Å². The molecule has 18 nitrogen and oxygen atoms in total. The lowest BCUT2D eigenvalue weighted by Gasteiger charge is -2.23. The SMILES string of the molecule is CO[Si](O)(O)O[Si](O)(O)OC(O)O.CO[Si](O)(OC(O)O)O[Si](O)(O)O. The number of hydrogen-bond donors (Lipinski definition) is 12. The number of aliphatic hydroxyl groups is 4. The predicted molar refractivity (Wildman–Crippen MR) is 75.6 cm³/mol. The lowest BCUT2D eigenvalue weighted by molar-refractivity contribution is -0.218. The first-order valence-corrected chi connectivity index (χ1v) is 12.6. The van der Waals surface area contributed by atoms with Gasteiger partial charge in [-0.1, -0.05) is 0 Å². The van der Waals surface area contributed by atoms with Gasteiger partial charge in [-0.3, -0.25) is 0 Å². The van der Waals surface area contributed by atoms with Crippen molar-refractivity contribution in [3.05, 3.63) is 0 Å². The summed E-state index contributed by atoms with van der Waals surface area (Å²) in [5.41, 5.74) is 0. The molecule has 1 unspecified atom stereocenters. The molecule has 22 heteroatoms. The number of hydrogen-bond acceptors (Lipinski definition) is 18. The van der Waals surface area contributed by atoms with Crippen molar-refractivity contribution in [2.75, 3.05) is 14.2 Å². The van der Waals surface area contributed by atoms with Crippen LogP contribution in [-0.4, -0.2) is 122 Å². The molecule has 0 aromatic heterocycles. The molecule has 0 fully saturated rings. The third kappa shape index (κ3) is 16.3. The molecular weight excluding hydrogens is 448 g/mol. The topological polar surface area (TPSA) is 298 Å². The summed E-state index contributed by atoms with van der Waals surface area (Å²) < 4.78 is 23.2. The molecule has 0 heterocycles.